The molecule has 0 spiro atoms. The van der Waals surface area contributed by atoms with Crippen molar-refractivity contribution < 1.29 is 18.0 Å². The van der Waals surface area contributed by atoms with Gasteiger partial charge in [-0.15, -0.1) is 0 Å². The number of rotatable bonds is 8. The third-order valence-corrected chi connectivity index (χ3v) is 5.42. The van der Waals surface area contributed by atoms with Crippen LogP contribution in [0.3, 0.4) is 0 Å². The van der Waals surface area contributed by atoms with Gasteiger partial charge in [-0.05, 0) is 31.0 Å². The summed E-state index contributed by atoms with van der Waals surface area (Å²) in [6.07, 6.45) is 3.81. The summed E-state index contributed by atoms with van der Waals surface area (Å²) in [7, 11) is -3.09. The van der Waals surface area contributed by atoms with Crippen LogP contribution in [0.1, 0.15) is 30.5 Å². The minimum absolute atomic E-state index is 0.242. The van der Waals surface area contributed by atoms with Crippen LogP contribution >= 0.6 is 7.60 Å². The van der Waals surface area contributed by atoms with Crippen molar-refractivity contribution in [2.45, 2.75) is 20.0 Å². The first-order chi connectivity index (χ1) is 11.6. The van der Waals surface area contributed by atoms with Crippen molar-refractivity contribution in [1.82, 2.24) is 0 Å². The lowest BCUT2D eigenvalue weighted by Crippen LogP contribution is -1.99. The Hall–Kier alpha value is -1.74. The molecule has 0 aliphatic rings. The summed E-state index contributed by atoms with van der Waals surface area (Å²) in [6.45, 7) is 4.28. The summed E-state index contributed by atoms with van der Waals surface area (Å²) in [5.41, 5.74) is 2.35. The van der Waals surface area contributed by atoms with Crippen molar-refractivity contribution in [3.8, 4) is 0 Å². The van der Waals surface area contributed by atoms with E-state index in [0.717, 1.165) is 11.1 Å². The Bertz CT molecular complexity index is 716. The fourth-order valence-corrected chi connectivity index (χ4v) is 3.98. The fourth-order valence-electron chi connectivity index (χ4n) is 2.28. The van der Waals surface area contributed by atoms with E-state index in [4.69, 9.17) is 9.05 Å². The molecule has 0 bridgehead atoms. The van der Waals surface area contributed by atoms with Crippen molar-refractivity contribution in [2.24, 2.45) is 0 Å². The van der Waals surface area contributed by atoms with Gasteiger partial charge >= 0.3 is 7.60 Å². The number of hydrogen-bond donors (Lipinski definition) is 0. The van der Waals surface area contributed by atoms with Gasteiger partial charge in [0.05, 0.1) is 19.4 Å². The zero-order valence-electron chi connectivity index (χ0n) is 13.9. The van der Waals surface area contributed by atoms with E-state index >= 15 is 0 Å². The Labute approximate surface area is 142 Å². The van der Waals surface area contributed by atoms with Crippen LogP contribution in [0.25, 0.3) is 12.2 Å². The SMILES string of the molecule is CCOP(=O)(Cc1ccc(/C=C/c2ccccc2F)cc1)OCC. The second kappa shape index (κ2) is 8.93. The molecule has 2 aromatic rings. The molecule has 0 aliphatic carbocycles. The van der Waals surface area contributed by atoms with Gasteiger partial charge in [-0.3, -0.25) is 4.57 Å². The van der Waals surface area contributed by atoms with Gasteiger partial charge in [0.15, 0.2) is 0 Å². The average molecular weight is 348 g/mol. The molecular weight excluding hydrogens is 326 g/mol. The molecule has 0 saturated carbocycles. The lowest BCUT2D eigenvalue weighted by molar-refractivity contribution is 0.219. The first kappa shape index (κ1) is 18.6. The maximum absolute atomic E-state index is 13.6. The smallest absolute Gasteiger partial charge is 0.309 e. The molecule has 0 unspecified atom stereocenters. The molecule has 0 saturated heterocycles. The second-order valence-electron chi connectivity index (χ2n) is 5.20. The Kier molecular flexibility index (Phi) is 6.92. The van der Waals surface area contributed by atoms with Gasteiger partial charge in [0, 0.05) is 5.56 Å². The highest BCUT2D eigenvalue weighted by Gasteiger charge is 2.23. The van der Waals surface area contributed by atoms with E-state index in [2.05, 4.69) is 0 Å². The molecule has 0 amide bonds. The molecule has 0 N–H and O–H groups in total. The summed E-state index contributed by atoms with van der Waals surface area (Å²) < 4.78 is 36.7. The molecule has 0 heterocycles. The number of benzene rings is 2. The molecule has 0 aliphatic heterocycles. The standard InChI is InChI=1S/C19H22FO3P/c1-3-22-24(21,23-4-2)15-17-11-9-16(10-12-17)13-14-18-7-5-6-8-19(18)20/h5-14H,3-4,15H2,1-2H3/b14-13+. The van der Waals surface area contributed by atoms with Crippen LogP contribution in [0.2, 0.25) is 0 Å². The number of halogens is 1. The molecule has 0 fully saturated rings. The van der Waals surface area contributed by atoms with E-state index < -0.39 is 7.60 Å². The quantitative estimate of drug-likeness (QED) is 0.449. The first-order valence-corrected chi connectivity index (χ1v) is 9.69. The van der Waals surface area contributed by atoms with Crippen molar-refractivity contribution in [2.75, 3.05) is 13.2 Å². The molecule has 0 atom stereocenters. The maximum Gasteiger partial charge on any atom is 0.335 e. The van der Waals surface area contributed by atoms with Crippen LogP contribution in [0.15, 0.2) is 48.5 Å². The molecule has 128 valence electrons. The highest BCUT2D eigenvalue weighted by atomic mass is 31.2. The monoisotopic (exact) mass is 348 g/mol. The summed E-state index contributed by atoms with van der Waals surface area (Å²) in [6, 6.07) is 14.2. The van der Waals surface area contributed by atoms with Crippen molar-refractivity contribution in [3.05, 3.63) is 71.0 Å². The lowest BCUT2D eigenvalue weighted by Gasteiger charge is -2.16. The predicted molar refractivity (Wildman–Crippen MR) is 96.3 cm³/mol. The molecule has 0 radical (unpaired) electrons. The molecule has 3 nitrogen and oxygen atoms in total. The van der Waals surface area contributed by atoms with Crippen LogP contribution in [-0.4, -0.2) is 13.2 Å². The summed E-state index contributed by atoms with van der Waals surface area (Å²) in [5, 5.41) is 0. The molecule has 2 aromatic carbocycles. The van der Waals surface area contributed by atoms with E-state index in [0.29, 0.717) is 18.8 Å². The Morgan fingerprint density at radius 2 is 1.58 bits per heavy atom. The van der Waals surface area contributed by atoms with Gasteiger partial charge in [0.1, 0.15) is 5.82 Å². The highest BCUT2D eigenvalue weighted by Crippen LogP contribution is 2.51. The van der Waals surface area contributed by atoms with Crippen LogP contribution < -0.4 is 0 Å². The van der Waals surface area contributed by atoms with Gasteiger partial charge < -0.3 is 9.05 Å². The Morgan fingerprint density at radius 3 is 2.17 bits per heavy atom. The van der Waals surface area contributed by atoms with Crippen molar-refractivity contribution in [3.63, 3.8) is 0 Å². The van der Waals surface area contributed by atoms with Gasteiger partial charge in [-0.25, -0.2) is 4.39 Å². The highest BCUT2D eigenvalue weighted by molar-refractivity contribution is 7.53. The van der Waals surface area contributed by atoms with Gasteiger partial charge in [-0.1, -0.05) is 54.6 Å². The van der Waals surface area contributed by atoms with Crippen molar-refractivity contribution >= 4 is 19.7 Å². The van der Waals surface area contributed by atoms with Crippen LogP contribution in [-0.2, 0) is 19.8 Å². The Morgan fingerprint density at radius 1 is 0.958 bits per heavy atom. The fraction of sp³-hybridized carbons (Fsp3) is 0.263. The molecular formula is C19H22FO3P. The van der Waals surface area contributed by atoms with E-state index in [1.54, 1.807) is 38.1 Å². The normalized spacial score (nSPS) is 12.0. The van der Waals surface area contributed by atoms with Gasteiger partial charge in [-0.2, -0.15) is 0 Å². The van der Waals surface area contributed by atoms with Gasteiger partial charge in [0.2, 0.25) is 0 Å². The topological polar surface area (TPSA) is 35.5 Å². The summed E-state index contributed by atoms with van der Waals surface area (Å²) in [4.78, 5) is 0. The lowest BCUT2D eigenvalue weighted by atomic mass is 10.1. The van der Waals surface area contributed by atoms with Crippen LogP contribution in [0.5, 0.6) is 0 Å². The predicted octanol–water partition coefficient (Wildman–Crippen LogP) is 5.76. The largest absolute Gasteiger partial charge is 0.335 e. The maximum atomic E-state index is 13.6. The van der Waals surface area contributed by atoms with E-state index in [1.165, 1.54) is 6.07 Å². The van der Waals surface area contributed by atoms with E-state index in [9.17, 15) is 8.96 Å². The molecule has 0 aromatic heterocycles. The van der Waals surface area contributed by atoms with E-state index in [-0.39, 0.29) is 12.0 Å². The summed E-state index contributed by atoms with van der Waals surface area (Å²) in [5.74, 6) is -0.250. The zero-order chi connectivity index (χ0) is 17.4. The third-order valence-electron chi connectivity index (χ3n) is 3.37. The zero-order valence-corrected chi connectivity index (χ0v) is 14.8. The first-order valence-electron chi connectivity index (χ1n) is 7.96. The van der Waals surface area contributed by atoms with E-state index in [1.807, 2.05) is 30.3 Å². The minimum Gasteiger partial charge on any atom is -0.309 e. The second-order valence-corrected chi connectivity index (χ2v) is 7.26. The number of hydrogen-bond acceptors (Lipinski definition) is 3. The van der Waals surface area contributed by atoms with Crippen LogP contribution in [0, 0.1) is 5.82 Å². The average Bonchev–Trinajstić information content (AvgIpc) is 2.56. The van der Waals surface area contributed by atoms with Crippen molar-refractivity contribution in [1.29, 1.82) is 0 Å². The molecule has 5 heteroatoms. The molecule has 24 heavy (non-hydrogen) atoms. The van der Waals surface area contributed by atoms with Crippen LogP contribution in [0.4, 0.5) is 4.39 Å². The summed E-state index contributed by atoms with van der Waals surface area (Å²) >= 11 is 0. The third kappa shape index (κ3) is 5.41. The minimum atomic E-state index is -3.09. The Balaban J connectivity index is 2.07. The van der Waals surface area contributed by atoms with Gasteiger partial charge in [0.25, 0.3) is 0 Å². The molecule has 2 rings (SSSR count).